The molecule has 1 atom stereocenters. The second-order valence-electron chi connectivity index (χ2n) is 12.0. The van der Waals surface area contributed by atoms with Crippen LogP contribution in [0.25, 0.3) is 0 Å². The van der Waals surface area contributed by atoms with Crippen LogP contribution in [0, 0.1) is 5.82 Å². The maximum Gasteiger partial charge on any atom is 0.252 e. The van der Waals surface area contributed by atoms with E-state index >= 15 is 0 Å². The number of halogens is 3. The molecular weight excluding hydrogens is 698 g/mol. The molecule has 4 amide bonds. The molecule has 51 heavy (non-hydrogen) atoms. The first-order valence-electron chi connectivity index (χ1n) is 16.1. The molecule has 0 saturated carbocycles. The minimum Gasteiger partial charge on any atom is -0.497 e. The fraction of sp³-hybridized carbons (Fsp3) is 0.263. The van der Waals surface area contributed by atoms with Crippen LogP contribution in [0.15, 0.2) is 84.9 Å². The van der Waals surface area contributed by atoms with Gasteiger partial charge in [0.2, 0.25) is 17.7 Å². The van der Waals surface area contributed by atoms with E-state index in [-0.39, 0.29) is 49.6 Å². The quantitative estimate of drug-likeness (QED) is 0.244. The highest BCUT2D eigenvalue weighted by atomic mass is 35.5. The van der Waals surface area contributed by atoms with Crippen LogP contribution in [0.4, 0.5) is 4.39 Å². The van der Waals surface area contributed by atoms with Crippen molar-refractivity contribution in [3.63, 3.8) is 0 Å². The van der Waals surface area contributed by atoms with E-state index in [1.54, 1.807) is 72.8 Å². The average Bonchev–Trinajstić information content (AvgIpc) is 3.13. The van der Waals surface area contributed by atoms with Gasteiger partial charge in [-0.15, -0.1) is 0 Å². The summed E-state index contributed by atoms with van der Waals surface area (Å²) in [5, 5.41) is 6.32. The summed E-state index contributed by atoms with van der Waals surface area (Å²) in [4.78, 5) is 58.6. The lowest BCUT2D eigenvalue weighted by molar-refractivity contribution is -0.143. The van der Waals surface area contributed by atoms with Gasteiger partial charge in [-0.25, -0.2) is 4.39 Å². The molecule has 4 aromatic carbocycles. The molecule has 1 aliphatic rings. The van der Waals surface area contributed by atoms with Gasteiger partial charge in [0.05, 0.1) is 37.4 Å². The van der Waals surface area contributed by atoms with Gasteiger partial charge in [-0.1, -0.05) is 59.6 Å². The summed E-state index contributed by atoms with van der Waals surface area (Å²) in [5.74, 6) is -1.46. The number of methoxy groups -OCH3 is 2. The SMILES string of the molecule is COc1cc(CN2CC(=O)NCc3ccccc3C(=O)N[C@@H](Cc3ccc(Cl)c(Cl)c3)C(=O)N(CCc3ccc(F)cc3)CC2=O)cc(OC)c1. The Morgan fingerprint density at radius 1 is 0.784 bits per heavy atom. The standard InChI is InChI=1S/C38H37Cl2FN4O6/c1-50-29-15-26(16-30(19-29)51-2)21-45-22-35(46)42-20-27-5-3-4-6-31(27)37(48)43-34(18-25-9-12-32(39)33(40)17-25)38(49)44(23-36(45)47)14-13-24-7-10-28(41)11-8-24/h3-12,15-17,19,34H,13-14,18,20-23H2,1-2H3,(H,42,46)(H,43,48)/t34-/m0/s1. The molecule has 13 heteroatoms. The van der Waals surface area contributed by atoms with Crippen LogP contribution in [0.1, 0.15) is 32.6 Å². The van der Waals surface area contributed by atoms with E-state index in [1.807, 2.05) is 0 Å². The Morgan fingerprint density at radius 3 is 2.16 bits per heavy atom. The number of carbonyl (C=O) groups excluding carboxylic acids is 4. The summed E-state index contributed by atoms with van der Waals surface area (Å²) in [6.45, 7) is -0.696. The molecule has 0 spiro atoms. The van der Waals surface area contributed by atoms with Gasteiger partial charge in [0.25, 0.3) is 5.91 Å². The second-order valence-corrected chi connectivity index (χ2v) is 12.8. The van der Waals surface area contributed by atoms with Crippen LogP contribution in [-0.2, 0) is 40.3 Å². The number of benzene rings is 4. The van der Waals surface area contributed by atoms with Crippen molar-refractivity contribution in [3.8, 4) is 11.5 Å². The van der Waals surface area contributed by atoms with Gasteiger partial charge in [-0.05, 0) is 71.1 Å². The van der Waals surface area contributed by atoms with Crippen molar-refractivity contribution in [2.45, 2.75) is 32.0 Å². The molecule has 0 aliphatic carbocycles. The van der Waals surface area contributed by atoms with E-state index in [0.29, 0.717) is 33.2 Å². The largest absolute Gasteiger partial charge is 0.497 e. The Bertz CT molecular complexity index is 1890. The Balaban J connectivity index is 1.55. The minimum atomic E-state index is -1.13. The summed E-state index contributed by atoms with van der Waals surface area (Å²) < 4.78 is 24.5. The predicted octanol–water partition coefficient (Wildman–Crippen LogP) is 5.22. The molecule has 10 nitrogen and oxygen atoms in total. The van der Waals surface area contributed by atoms with Gasteiger partial charge in [0, 0.05) is 37.7 Å². The number of carbonyl (C=O) groups is 4. The summed E-state index contributed by atoms with van der Waals surface area (Å²) in [6, 6.07) is 21.6. The van der Waals surface area contributed by atoms with Crippen molar-refractivity contribution < 1.29 is 33.0 Å². The molecular formula is C38H37Cl2FN4O6. The summed E-state index contributed by atoms with van der Waals surface area (Å²) in [6.07, 6.45) is 0.318. The van der Waals surface area contributed by atoms with Crippen LogP contribution in [0.2, 0.25) is 10.0 Å². The van der Waals surface area contributed by atoms with Gasteiger partial charge in [0.15, 0.2) is 0 Å². The predicted molar refractivity (Wildman–Crippen MR) is 191 cm³/mol. The fourth-order valence-corrected chi connectivity index (χ4v) is 6.05. The van der Waals surface area contributed by atoms with Gasteiger partial charge < -0.3 is 29.9 Å². The summed E-state index contributed by atoms with van der Waals surface area (Å²) in [7, 11) is 3.02. The van der Waals surface area contributed by atoms with E-state index in [9.17, 15) is 23.6 Å². The lowest BCUT2D eigenvalue weighted by Crippen LogP contribution is -2.53. The van der Waals surface area contributed by atoms with Crippen molar-refractivity contribution in [3.05, 3.63) is 129 Å². The summed E-state index contributed by atoms with van der Waals surface area (Å²) in [5.41, 5.74) is 2.78. The molecule has 0 aromatic heterocycles. The Kier molecular flexibility index (Phi) is 12.5. The zero-order valence-corrected chi connectivity index (χ0v) is 29.6. The number of hydrogen-bond donors (Lipinski definition) is 2. The van der Waals surface area contributed by atoms with E-state index < -0.39 is 42.0 Å². The lowest BCUT2D eigenvalue weighted by atomic mass is 10.0. The third kappa shape index (κ3) is 9.99. The molecule has 0 fully saturated rings. The first kappa shape index (κ1) is 37.1. The van der Waals surface area contributed by atoms with E-state index in [0.717, 1.165) is 5.56 Å². The molecule has 266 valence electrons. The average molecular weight is 736 g/mol. The van der Waals surface area contributed by atoms with Crippen molar-refractivity contribution in [1.82, 2.24) is 20.4 Å². The Hall–Kier alpha value is -5.13. The van der Waals surface area contributed by atoms with Crippen molar-refractivity contribution in [2.24, 2.45) is 0 Å². The number of rotatable bonds is 9. The first-order valence-corrected chi connectivity index (χ1v) is 16.9. The van der Waals surface area contributed by atoms with E-state index in [4.69, 9.17) is 32.7 Å². The zero-order chi connectivity index (χ0) is 36.5. The third-order valence-corrected chi connectivity index (χ3v) is 9.20. The van der Waals surface area contributed by atoms with Crippen LogP contribution in [-0.4, -0.2) is 73.3 Å². The highest BCUT2D eigenvalue weighted by molar-refractivity contribution is 6.42. The van der Waals surface area contributed by atoms with Crippen LogP contribution >= 0.6 is 23.2 Å². The number of fused-ring (bicyclic) bond motifs is 1. The smallest absolute Gasteiger partial charge is 0.252 e. The molecule has 0 radical (unpaired) electrons. The second kappa shape index (κ2) is 17.2. The lowest BCUT2D eigenvalue weighted by Gasteiger charge is -2.31. The molecule has 2 N–H and O–H groups in total. The number of nitrogens with one attached hydrogen (secondary N) is 2. The maximum atomic E-state index is 14.6. The Morgan fingerprint density at radius 2 is 1.47 bits per heavy atom. The summed E-state index contributed by atoms with van der Waals surface area (Å²) >= 11 is 12.5. The number of ether oxygens (including phenoxy) is 2. The van der Waals surface area contributed by atoms with Crippen LogP contribution in [0.3, 0.4) is 0 Å². The molecule has 0 unspecified atom stereocenters. The topological polar surface area (TPSA) is 117 Å². The molecule has 5 rings (SSSR count). The van der Waals surface area contributed by atoms with Crippen molar-refractivity contribution >= 4 is 46.8 Å². The van der Waals surface area contributed by atoms with Crippen LogP contribution < -0.4 is 20.1 Å². The van der Waals surface area contributed by atoms with Crippen molar-refractivity contribution in [1.29, 1.82) is 0 Å². The maximum absolute atomic E-state index is 14.6. The fourth-order valence-electron chi connectivity index (χ4n) is 5.73. The first-order chi connectivity index (χ1) is 24.5. The molecule has 1 heterocycles. The number of hydrogen-bond acceptors (Lipinski definition) is 6. The highest BCUT2D eigenvalue weighted by Gasteiger charge is 2.31. The van der Waals surface area contributed by atoms with Gasteiger partial charge >= 0.3 is 0 Å². The third-order valence-electron chi connectivity index (χ3n) is 8.46. The Labute approximate surface area is 305 Å². The normalized spacial score (nSPS) is 15.8. The van der Waals surface area contributed by atoms with Gasteiger partial charge in [-0.3, -0.25) is 19.2 Å². The highest BCUT2D eigenvalue weighted by Crippen LogP contribution is 2.25. The number of nitrogens with zero attached hydrogens (tertiary/aromatic N) is 2. The zero-order valence-electron chi connectivity index (χ0n) is 28.1. The molecule has 1 aliphatic heterocycles. The monoisotopic (exact) mass is 734 g/mol. The minimum absolute atomic E-state index is 0.000167. The van der Waals surface area contributed by atoms with Crippen molar-refractivity contribution in [2.75, 3.05) is 33.9 Å². The molecule has 0 saturated heterocycles. The van der Waals surface area contributed by atoms with E-state index in [1.165, 1.54) is 36.2 Å². The molecule has 0 bridgehead atoms. The van der Waals surface area contributed by atoms with Gasteiger partial charge in [-0.2, -0.15) is 0 Å². The van der Waals surface area contributed by atoms with Gasteiger partial charge in [0.1, 0.15) is 23.4 Å². The molecule has 4 aromatic rings. The number of amides is 4. The van der Waals surface area contributed by atoms with Crippen LogP contribution in [0.5, 0.6) is 11.5 Å². The van der Waals surface area contributed by atoms with E-state index in [2.05, 4.69) is 10.6 Å².